The average Bonchev–Trinajstić information content (AvgIpc) is 2.53. The second kappa shape index (κ2) is 3.59. The normalized spacial score (nSPS) is 29.2. The van der Waals surface area contributed by atoms with Crippen LogP contribution in [0.1, 0.15) is 13.8 Å². The Morgan fingerprint density at radius 2 is 2.15 bits per heavy atom. The first kappa shape index (κ1) is 8.90. The fraction of sp³-hybridized carbons (Fsp3) is 0.750. The number of hydrogen-bond donors (Lipinski definition) is 0. The molecule has 2 rings (SSSR count). The van der Waals surface area contributed by atoms with Gasteiger partial charge in [-0.15, -0.1) is 10.2 Å². The Bertz CT molecular complexity index is 254. The minimum atomic E-state index is 0.285. The Labute approximate surface area is 81.5 Å². The summed E-state index contributed by atoms with van der Waals surface area (Å²) < 4.78 is 5.63. The Hall–Kier alpha value is -0.680. The van der Waals surface area contributed by atoms with Gasteiger partial charge in [-0.1, -0.05) is 11.3 Å². The topological polar surface area (TPSA) is 38.2 Å². The smallest absolute Gasteiger partial charge is 0.208 e. The van der Waals surface area contributed by atoms with Gasteiger partial charge in [0.1, 0.15) is 5.51 Å². The van der Waals surface area contributed by atoms with Crippen LogP contribution in [0.15, 0.2) is 5.51 Å². The molecule has 72 valence electrons. The number of hydrogen-bond acceptors (Lipinski definition) is 5. The highest BCUT2D eigenvalue weighted by atomic mass is 32.1. The number of ether oxygens (including phenoxy) is 1. The largest absolute Gasteiger partial charge is 0.372 e. The van der Waals surface area contributed by atoms with Crippen LogP contribution >= 0.6 is 11.3 Å². The number of anilines is 1. The van der Waals surface area contributed by atoms with Gasteiger partial charge in [0, 0.05) is 13.1 Å². The summed E-state index contributed by atoms with van der Waals surface area (Å²) in [6, 6.07) is 0. The molecule has 1 aliphatic heterocycles. The molecule has 2 unspecified atom stereocenters. The number of rotatable bonds is 1. The van der Waals surface area contributed by atoms with Crippen molar-refractivity contribution in [1.29, 1.82) is 0 Å². The minimum Gasteiger partial charge on any atom is -0.372 e. The third kappa shape index (κ3) is 1.97. The van der Waals surface area contributed by atoms with E-state index in [4.69, 9.17) is 4.74 Å². The average molecular weight is 199 g/mol. The Morgan fingerprint density at radius 3 is 2.69 bits per heavy atom. The maximum Gasteiger partial charge on any atom is 0.208 e. The van der Waals surface area contributed by atoms with Gasteiger partial charge in [0.2, 0.25) is 5.13 Å². The fourth-order valence-corrected chi connectivity index (χ4v) is 2.22. The van der Waals surface area contributed by atoms with Crippen molar-refractivity contribution in [1.82, 2.24) is 10.2 Å². The van der Waals surface area contributed by atoms with E-state index in [0.717, 1.165) is 18.2 Å². The van der Waals surface area contributed by atoms with E-state index < -0.39 is 0 Å². The molecule has 1 fully saturated rings. The van der Waals surface area contributed by atoms with E-state index in [0.29, 0.717) is 0 Å². The molecule has 1 aromatic heterocycles. The lowest BCUT2D eigenvalue weighted by Gasteiger charge is -2.34. The van der Waals surface area contributed by atoms with Crippen LogP contribution in [0.25, 0.3) is 0 Å². The highest BCUT2D eigenvalue weighted by Gasteiger charge is 2.23. The fourth-order valence-electron chi connectivity index (χ4n) is 1.64. The maximum absolute atomic E-state index is 5.63. The van der Waals surface area contributed by atoms with Gasteiger partial charge in [-0.25, -0.2) is 0 Å². The molecule has 2 heterocycles. The lowest BCUT2D eigenvalue weighted by Crippen LogP contribution is -2.45. The number of aromatic nitrogens is 2. The van der Waals surface area contributed by atoms with Crippen LogP contribution in [0, 0.1) is 0 Å². The summed E-state index contributed by atoms with van der Waals surface area (Å²) in [5.41, 5.74) is 1.76. The Kier molecular flexibility index (Phi) is 2.46. The molecule has 0 radical (unpaired) electrons. The second-order valence-electron chi connectivity index (χ2n) is 3.38. The molecule has 0 amide bonds. The first-order chi connectivity index (χ1) is 6.25. The summed E-state index contributed by atoms with van der Waals surface area (Å²) in [6.45, 7) is 6.01. The summed E-state index contributed by atoms with van der Waals surface area (Å²) in [5.74, 6) is 0. The van der Waals surface area contributed by atoms with Crippen LogP contribution in [0.4, 0.5) is 5.13 Å². The van der Waals surface area contributed by atoms with Gasteiger partial charge in [0.15, 0.2) is 0 Å². The van der Waals surface area contributed by atoms with Crippen molar-refractivity contribution in [3.8, 4) is 0 Å². The van der Waals surface area contributed by atoms with E-state index in [1.54, 1.807) is 16.8 Å². The van der Waals surface area contributed by atoms with E-state index in [1.165, 1.54) is 0 Å². The lowest BCUT2D eigenvalue weighted by molar-refractivity contribution is -0.00525. The van der Waals surface area contributed by atoms with Crippen molar-refractivity contribution in [3.05, 3.63) is 5.51 Å². The predicted octanol–water partition coefficient (Wildman–Crippen LogP) is 1.15. The highest BCUT2D eigenvalue weighted by Crippen LogP contribution is 2.20. The van der Waals surface area contributed by atoms with Crippen LogP contribution in [0.3, 0.4) is 0 Å². The van der Waals surface area contributed by atoms with Crippen LogP contribution in [-0.2, 0) is 4.74 Å². The Morgan fingerprint density at radius 1 is 1.46 bits per heavy atom. The molecule has 0 aliphatic carbocycles. The molecule has 0 spiro atoms. The minimum absolute atomic E-state index is 0.285. The highest BCUT2D eigenvalue weighted by molar-refractivity contribution is 7.13. The number of nitrogens with zero attached hydrogens (tertiary/aromatic N) is 3. The lowest BCUT2D eigenvalue weighted by atomic mass is 10.2. The van der Waals surface area contributed by atoms with Crippen molar-refractivity contribution in [2.45, 2.75) is 26.1 Å². The standard InChI is InChI=1S/C8H13N3OS/c1-6-3-11(4-7(2)12-6)8-10-9-5-13-8/h5-7H,3-4H2,1-2H3. The van der Waals surface area contributed by atoms with Crippen LogP contribution in [0.2, 0.25) is 0 Å². The number of morpholine rings is 1. The van der Waals surface area contributed by atoms with Gasteiger partial charge in [0.25, 0.3) is 0 Å². The molecular formula is C8H13N3OS. The van der Waals surface area contributed by atoms with Gasteiger partial charge in [0.05, 0.1) is 12.2 Å². The summed E-state index contributed by atoms with van der Waals surface area (Å²) >= 11 is 1.58. The molecule has 2 atom stereocenters. The summed E-state index contributed by atoms with van der Waals surface area (Å²) in [4.78, 5) is 2.23. The Balaban J connectivity index is 2.07. The van der Waals surface area contributed by atoms with Crippen LogP contribution in [-0.4, -0.2) is 35.5 Å². The van der Waals surface area contributed by atoms with E-state index in [1.807, 2.05) is 0 Å². The van der Waals surface area contributed by atoms with Crippen LogP contribution < -0.4 is 4.90 Å². The SMILES string of the molecule is CC1CN(c2nncs2)CC(C)O1. The zero-order chi connectivity index (χ0) is 9.26. The van der Waals surface area contributed by atoms with Crippen molar-refractivity contribution < 1.29 is 4.74 Å². The maximum atomic E-state index is 5.63. The quantitative estimate of drug-likeness (QED) is 0.680. The zero-order valence-electron chi connectivity index (χ0n) is 7.80. The van der Waals surface area contributed by atoms with Crippen molar-refractivity contribution >= 4 is 16.5 Å². The zero-order valence-corrected chi connectivity index (χ0v) is 8.62. The molecule has 0 aromatic carbocycles. The summed E-state index contributed by atoms with van der Waals surface area (Å²) in [6.07, 6.45) is 0.570. The van der Waals surface area contributed by atoms with E-state index >= 15 is 0 Å². The van der Waals surface area contributed by atoms with Gasteiger partial charge in [-0.2, -0.15) is 0 Å². The monoisotopic (exact) mass is 199 g/mol. The molecule has 1 aliphatic rings. The van der Waals surface area contributed by atoms with E-state index in [-0.39, 0.29) is 12.2 Å². The van der Waals surface area contributed by atoms with Gasteiger partial charge in [-0.3, -0.25) is 0 Å². The molecule has 0 saturated carbocycles. The van der Waals surface area contributed by atoms with Gasteiger partial charge in [-0.05, 0) is 13.8 Å². The molecule has 1 saturated heterocycles. The third-order valence-corrected chi connectivity index (χ3v) is 2.79. The van der Waals surface area contributed by atoms with Crippen LogP contribution in [0.5, 0.6) is 0 Å². The molecular weight excluding hydrogens is 186 g/mol. The first-order valence-electron chi connectivity index (χ1n) is 4.42. The van der Waals surface area contributed by atoms with E-state index in [2.05, 4.69) is 28.9 Å². The first-order valence-corrected chi connectivity index (χ1v) is 5.30. The summed E-state index contributed by atoms with van der Waals surface area (Å²) in [7, 11) is 0. The van der Waals surface area contributed by atoms with Crippen molar-refractivity contribution in [3.63, 3.8) is 0 Å². The molecule has 0 bridgehead atoms. The third-order valence-electron chi connectivity index (χ3n) is 2.04. The molecule has 1 aromatic rings. The predicted molar refractivity (Wildman–Crippen MR) is 52.1 cm³/mol. The molecule has 13 heavy (non-hydrogen) atoms. The summed E-state index contributed by atoms with van der Waals surface area (Å²) in [5, 5.41) is 8.88. The van der Waals surface area contributed by atoms with E-state index in [9.17, 15) is 0 Å². The van der Waals surface area contributed by atoms with Gasteiger partial charge < -0.3 is 9.64 Å². The van der Waals surface area contributed by atoms with Crippen molar-refractivity contribution in [2.24, 2.45) is 0 Å². The molecule has 4 nitrogen and oxygen atoms in total. The molecule has 5 heteroatoms. The second-order valence-corrected chi connectivity index (χ2v) is 4.20. The van der Waals surface area contributed by atoms with Gasteiger partial charge >= 0.3 is 0 Å². The van der Waals surface area contributed by atoms with Crippen molar-refractivity contribution in [2.75, 3.05) is 18.0 Å². The molecule has 0 N–H and O–H groups in total.